The lowest BCUT2D eigenvalue weighted by atomic mass is 9.47. The minimum Gasteiger partial charge on any atom is -0.462 e. The molecule has 0 heterocycles. The second kappa shape index (κ2) is 30.3. The van der Waals surface area contributed by atoms with Gasteiger partial charge in [0.25, 0.3) is 0 Å². The Bertz CT molecular complexity index is 1420. The number of hydrogen-bond donors (Lipinski definition) is 0. The van der Waals surface area contributed by atoms with Gasteiger partial charge >= 0.3 is 18.2 Å². The first-order valence-electron chi connectivity index (χ1n) is 26.1. The van der Waals surface area contributed by atoms with E-state index in [9.17, 15) is 14.4 Å². The lowest BCUT2D eigenvalue weighted by Gasteiger charge is -2.58. The molecule has 3 saturated carbocycles. The SMILES string of the molecule is CCCCCCCC/C=C\CCCCCCCC(=O)O[C@H]1CC[C@@]2(C)C(=CC[C@H]3[C@@H]4CC[C@H]([C@H](C)CC(COC(=O)N(CCCl)CCCl)COC(=O)N(CCCl)CCCl)[C@@]4(C)CC[C@@H]32)C1. The minimum atomic E-state index is -0.452. The monoisotopic (exact) mass is 989 g/mol. The molecule has 12 heteroatoms. The number of esters is 1. The number of carbonyl (C=O) groups is 3. The summed E-state index contributed by atoms with van der Waals surface area (Å²) in [6.07, 6.45) is 32.9. The van der Waals surface area contributed by atoms with Crippen molar-refractivity contribution in [3.8, 4) is 0 Å². The van der Waals surface area contributed by atoms with Crippen LogP contribution in [0, 0.1) is 46.3 Å². The summed E-state index contributed by atoms with van der Waals surface area (Å²) in [5.41, 5.74) is 1.92. The number of unbranched alkanes of at least 4 members (excludes halogenated alkanes) is 11. The number of ether oxygens (including phenoxy) is 3. The van der Waals surface area contributed by atoms with Crippen LogP contribution in [0.3, 0.4) is 0 Å². The van der Waals surface area contributed by atoms with Gasteiger partial charge in [-0.25, -0.2) is 9.59 Å². The Morgan fingerprint density at radius 2 is 1.28 bits per heavy atom. The van der Waals surface area contributed by atoms with Crippen LogP contribution in [-0.4, -0.2) is 97.0 Å². The van der Waals surface area contributed by atoms with Gasteiger partial charge in [0.05, 0.1) is 13.2 Å². The third kappa shape index (κ3) is 17.2. The number of amides is 2. The van der Waals surface area contributed by atoms with E-state index in [2.05, 4.69) is 45.9 Å². The zero-order chi connectivity index (χ0) is 47.1. The molecule has 0 aromatic heterocycles. The van der Waals surface area contributed by atoms with Crippen LogP contribution < -0.4 is 0 Å². The van der Waals surface area contributed by atoms with Crippen molar-refractivity contribution < 1.29 is 28.6 Å². The highest BCUT2D eigenvalue weighted by Gasteiger charge is 2.59. The van der Waals surface area contributed by atoms with E-state index in [1.165, 1.54) is 112 Å². The van der Waals surface area contributed by atoms with Gasteiger partial charge in [-0.05, 0) is 124 Å². The molecule has 8 atom stereocenters. The molecule has 0 aliphatic heterocycles. The number of rotatable bonds is 31. The highest BCUT2D eigenvalue weighted by Crippen LogP contribution is 2.67. The van der Waals surface area contributed by atoms with Crippen molar-refractivity contribution in [2.45, 2.75) is 181 Å². The van der Waals surface area contributed by atoms with E-state index < -0.39 is 12.2 Å². The largest absolute Gasteiger partial charge is 0.462 e. The maximum absolute atomic E-state index is 13.1. The summed E-state index contributed by atoms with van der Waals surface area (Å²) in [6, 6.07) is 0. The smallest absolute Gasteiger partial charge is 0.409 e. The molecule has 0 saturated heterocycles. The van der Waals surface area contributed by atoms with E-state index in [0.717, 1.165) is 44.9 Å². The fourth-order valence-electron chi connectivity index (χ4n) is 12.7. The van der Waals surface area contributed by atoms with Crippen molar-refractivity contribution in [3.05, 3.63) is 23.8 Å². The molecule has 0 aromatic rings. The first-order chi connectivity index (χ1) is 31.4. The standard InChI is InChI=1S/C53H88Cl4N2O6/c1-5-6-7-8-9-10-11-12-13-14-15-16-17-18-19-20-49(60)65-44-25-27-52(3)43(38-44)21-22-45-47-24-23-46(53(47,4)28-26-48(45)52)41(2)37-42(39-63-50(61)58(33-29-54)34-30-55)40-64-51(62)59(35-31-56)36-32-57/h12-13,21,41-42,44-48H,5-11,14-20,22-40H2,1-4H3/b13-12-/t41-,44+,45+,46-,47+,48+,52+,53-/m1/s1. The summed E-state index contributed by atoms with van der Waals surface area (Å²) in [5, 5.41) is 0. The average molecular weight is 991 g/mol. The van der Waals surface area contributed by atoms with Gasteiger partial charge in [-0.3, -0.25) is 4.79 Å². The Kier molecular flexibility index (Phi) is 26.2. The highest BCUT2D eigenvalue weighted by atomic mass is 35.5. The molecule has 2 amide bonds. The topological polar surface area (TPSA) is 85.4 Å². The van der Waals surface area contributed by atoms with E-state index in [1.807, 2.05) is 0 Å². The van der Waals surface area contributed by atoms with Gasteiger partial charge in [0.1, 0.15) is 6.10 Å². The molecule has 0 radical (unpaired) electrons. The van der Waals surface area contributed by atoms with Crippen molar-refractivity contribution in [2.75, 3.05) is 62.9 Å². The van der Waals surface area contributed by atoms with Crippen LogP contribution in [-0.2, 0) is 19.0 Å². The Morgan fingerprint density at radius 3 is 1.85 bits per heavy atom. The number of halogens is 4. The normalized spacial score (nSPS) is 26.5. The van der Waals surface area contributed by atoms with Crippen LogP contribution in [0.2, 0.25) is 0 Å². The molecule has 0 spiro atoms. The number of alkyl halides is 4. The lowest BCUT2D eigenvalue weighted by molar-refractivity contribution is -0.151. The molecule has 4 aliphatic rings. The van der Waals surface area contributed by atoms with Crippen molar-refractivity contribution in [2.24, 2.45) is 46.3 Å². The van der Waals surface area contributed by atoms with Crippen molar-refractivity contribution in [1.29, 1.82) is 0 Å². The van der Waals surface area contributed by atoms with Crippen molar-refractivity contribution in [3.63, 3.8) is 0 Å². The Morgan fingerprint density at radius 1 is 0.723 bits per heavy atom. The summed E-state index contributed by atoms with van der Waals surface area (Å²) in [7, 11) is 0. The Hall–Kier alpha value is -1.35. The number of fused-ring (bicyclic) bond motifs is 5. The van der Waals surface area contributed by atoms with Crippen molar-refractivity contribution in [1.82, 2.24) is 9.80 Å². The molecule has 65 heavy (non-hydrogen) atoms. The summed E-state index contributed by atoms with van der Waals surface area (Å²) in [5.74, 6) is 3.78. The van der Waals surface area contributed by atoms with Crippen LogP contribution in [0.15, 0.2) is 23.8 Å². The van der Waals surface area contributed by atoms with Crippen LogP contribution in [0.4, 0.5) is 9.59 Å². The summed E-state index contributed by atoms with van der Waals surface area (Å²) < 4.78 is 17.9. The summed E-state index contributed by atoms with van der Waals surface area (Å²) >= 11 is 23.9. The minimum absolute atomic E-state index is 0.00558. The molecule has 0 N–H and O–H groups in total. The highest BCUT2D eigenvalue weighted by molar-refractivity contribution is 6.19. The third-order valence-corrected chi connectivity index (χ3v) is 17.0. The van der Waals surface area contributed by atoms with Crippen molar-refractivity contribution >= 4 is 64.6 Å². The zero-order valence-electron chi connectivity index (χ0n) is 41.0. The van der Waals surface area contributed by atoms with Gasteiger partial charge in [-0.2, -0.15) is 0 Å². The molecular formula is C53H88Cl4N2O6. The van der Waals surface area contributed by atoms with Gasteiger partial charge in [0.15, 0.2) is 0 Å². The molecule has 0 aromatic carbocycles. The van der Waals surface area contributed by atoms with Crippen LogP contribution in [0.25, 0.3) is 0 Å². The molecule has 0 unspecified atom stereocenters. The second-order valence-electron chi connectivity index (χ2n) is 20.6. The molecular weight excluding hydrogens is 902 g/mol. The number of allylic oxidation sites excluding steroid dienone is 3. The zero-order valence-corrected chi connectivity index (χ0v) is 44.0. The van der Waals surface area contributed by atoms with Crippen LogP contribution in [0.5, 0.6) is 0 Å². The predicted molar refractivity (Wildman–Crippen MR) is 271 cm³/mol. The summed E-state index contributed by atoms with van der Waals surface area (Å²) in [4.78, 5) is 42.2. The molecule has 374 valence electrons. The van der Waals surface area contributed by atoms with E-state index >= 15 is 0 Å². The predicted octanol–water partition coefficient (Wildman–Crippen LogP) is 15.0. The van der Waals surface area contributed by atoms with E-state index in [4.69, 9.17) is 60.6 Å². The number of nitrogens with zero attached hydrogens (tertiary/aromatic N) is 2. The maximum Gasteiger partial charge on any atom is 0.409 e. The number of carbonyl (C=O) groups excluding carboxylic acids is 3. The number of hydrogen-bond acceptors (Lipinski definition) is 6. The Balaban J connectivity index is 1.25. The van der Waals surface area contributed by atoms with Gasteiger partial charge in [-0.1, -0.05) is 103 Å². The first-order valence-corrected chi connectivity index (χ1v) is 28.2. The van der Waals surface area contributed by atoms with Gasteiger partial charge < -0.3 is 24.0 Å². The fourth-order valence-corrected chi connectivity index (χ4v) is 13.5. The quantitative estimate of drug-likeness (QED) is 0.0226. The Labute approximate surface area is 415 Å². The van der Waals surface area contributed by atoms with Gasteiger partial charge in [0.2, 0.25) is 0 Å². The average Bonchev–Trinajstić information content (AvgIpc) is 3.65. The molecule has 3 fully saturated rings. The maximum atomic E-state index is 13.1. The van der Waals surface area contributed by atoms with E-state index in [1.54, 1.807) is 0 Å². The summed E-state index contributed by atoms with van der Waals surface area (Å²) in [6.45, 7) is 11.4. The fraction of sp³-hybridized carbons (Fsp3) is 0.868. The molecule has 4 aliphatic carbocycles. The second-order valence-corrected chi connectivity index (χ2v) is 22.2. The molecule has 8 nitrogen and oxygen atoms in total. The van der Waals surface area contributed by atoms with Crippen LogP contribution >= 0.6 is 46.4 Å². The third-order valence-electron chi connectivity index (χ3n) is 16.3. The van der Waals surface area contributed by atoms with E-state index in [0.29, 0.717) is 62.2 Å². The first kappa shape index (κ1) is 56.2. The molecule has 0 bridgehead atoms. The van der Waals surface area contributed by atoms with Gasteiger partial charge in [-0.15, -0.1) is 46.4 Å². The van der Waals surface area contributed by atoms with E-state index in [-0.39, 0.29) is 65.6 Å². The van der Waals surface area contributed by atoms with Crippen LogP contribution in [0.1, 0.15) is 175 Å². The lowest BCUT2D eigenvalue weighted by Crippen LogP contribution is -2.51. The van der Waals surface area contributed by atoms with Gasteiger partial charge in [0, 0.05) is 68.5 Å². The molecule has 4 rings (SSSR count).